The molecule has 24 heavy (non-hydrogen) atoms. The predicted molar refractivity (Wildman–Crippen MR) is 88.8 cm³/mol. The maximum atomic E-state index is 13.2. The number of rotatable bonds is 6. The molecule has 0 saturated heterocycles. The minimum atomic E-state index is -0.690. The summed E-state index contributed by atoms with van der Waals surface area (Å²) < 4.78 is 23.5. The number of carbonyl (C=O) groups is 1. The molecule has 0 spiro atoms. The number of ether oxygens (including phenoxy) is 1. The molecule has 0 radical (unpaired) electrons. The van der Waals surface area contributed by atoms with Crippen molar-refractivity contribution in [3.8, 4) is 5.75 Å². The van der Waals surface area contributed by atoms with Gasteiger partial charge in [-0.25, -0.2) is 4.39 Å². The summed E-state index contributed by atoms with van der Waals surface area (Å²) >= 11 is 0. The van der Waals surface area contributed by atoms with Gasteiger partial charge in [-0.15, -0.1) is 0 Å². The van der Waals surface area contributed by atoms with E-state index in [-0.39, 0.29) is 17.4 Å². The van der Waals surface area contributed by atoms with Crippen LogP contribution in [-0.4, -0.2) is 12.9 Å². The van der Waals surface area contributed by atoms with Gasteiger partial charge in [0.05, 0.1) is 13.4 Å². The van der Waals surface area contributed by atoms with Gasteiger partial charge in [-0.1, -0.05) is 12.1 Å². The zero-order valence-corrected chi connectivity index (χ0v) is 13.0. The molecule has 0 amide bonds. The number of carbonyl (C=O) groups excluding carboxylic acids is 1. The Morgan fingerprint density at radius 3 is 2.38 bits per heavy atom. The maximum absolute atomic E-state index is 13.2. The molecule has 5 heteroatoms. The first-order valence-electron chi connectivity index (χ1n) is 7.41. The number of halogens is 1. The molecular weight excluding hydrogens is 309 g/mol. The number of furan rings is 1. The molecule has 0 aliphatic heterocycles. The lowest BCUT2D eigenvalue weighted by Gasteiger charge is -2.18. The highest BCUT2D eigenvalue weighted by Gasteiger charge is 2.24. The molecule has 3 aromatic rings. The average Bonchev–Trinajstić information content (AvgIpc) is 3.15. The average molecular weight is 325 g/mol. The van der Waals surface area contributed by atoms with Gasteiger partial charge in [0.25, 0.3) is 0 Å². The van der Waals surface area contributed by atoms with E-state index in [1.54, 1.807) is 43.5 Å². The molecule has 0 unspecified atom stereocenters. The van der Waals surface area contributed by atoms with Crippen LogP contribution >= 0.6 is 0 Å². The number of hydrogen-bond donors (Lipinski definition) is 1. The second-order valence-corrected chi connectivity index (χ2v) is 5.20. The minimum Gasteiger partial charge on any atom is -0.497 e. The molecule has 4 nitrogen and oxygen atoms in total. The lowest BCUT2D eigenvalue weighted by atomic mass is 10.0. The van der Waals surface area contributed by atoms with E-state index in [2.05, 4.69) is 5.32 Å². The van der Waals surface area contributed by atoms with Crippen LogP contribution in [0.5, 0.6) is 5.75 Å². The zero-order chi connectivity index (χ0) is 16.9. The summed E-state index contributed by atoms with van der Waals surface area (Å²) in [4.78, 5) is 12.7. The standard InChI is InChI=1S/C19H16FNO3/c1-23-16-10-8-15(9-11-16)21-18(13-4-6-14(20)7-5-13)19(22)17-3-2-12-24-17/h2-12,18,21H,1H3/t18-/m0/s1. The fourth-order valence-corrected chi connectivity index (χ4v) is 2.37. The van der Waals surface area contributed by atoms with Crippen LogP contribution in [0.15, 0.2) is 71.3 Å². The van der Waals surface area contributed by atoms with Crippen molar-refractivity contribution >= 4 is 11.5 Å². The van der Waals surface area contributed by atoms with Crippen LogP contribution in [0.3, 0.4) is 0 Å². The summed E-state index contributed by atoms with van der Waals surface area (Å²) in [7, 11) is 1.59. The van der Waals surface area contributed by atoms with Crippen molar-refractivity contribution < 1.29 is 18.3 Å². The molecule has 0 aliphatic rings. The Morgan fingerprint density at radius 2 is 1.79 bits per heavy atom. The van der Waals surface area contributed by atoms with Crippen LogP contribution in [-0.2, 0) is 0 Å². The maximum Gasteiger partial charge on any atom is 0.224 e. The molecule has 3 rings (SSSR count). The number of anilines is 1. The third-order valence-electron chi connectivity index (χ3n) is 3.63. The lowest BCUT2D eigenvalue weighted by Crippen LogP contribution is -2.21. The Hall–Kier alpha value is -3.08. The summed E-state index contributed by atoms with van der Waals surface area (Å²) in [5.41, 5.74) is 1.39. The number of benzene rings is 2. The third kappa shape index (κ3) is 3.46. The highest BCUT2D eigenvalue weighted by molar-refractivity contribution is 6.00. The van der Waals surface area contributed by atoms with E-state index in [1.165, 1.54) is 18.4 Å². The van der Waals surface area contributed by atoms with E-state index in [1.807, 2.05) is 12.1 Å². The van der Waals surface area contributed by atoms with E-state index in [4.69, 9.17) is 9.15 Å². The minimum absolute atomic E-state index is 0.234. The second-order valence-electron chi connectivity index (χ2n) is 5.20. The number of Topliss-reactive ketones (excluding diaryl/α,β-unsaturated/α-hetero) is 1. The Morgan fingerprint density at radius 1 is 1.08 bits per heavy atom. The Bertz CT molecular complexity index is 796. The highest BCUT2D eigenvalue weighted by atomic mass is 19.1. The van der Waals surface area contributed by atoms with E-state index in [0.717, 1.165) is 11.4 Å². The summed E-state index contributed by atoms with van der Waals surface area (Å²) in [6.45, 7) is 0. The normalized spacial score (nSPS) is 11.8. The first-order valence-corrected chi connectivity index (χ1v) is 7.41. The summed E-state index contributed by atoms with van der Waals surface area (Å²) in [5, 5.41) is 3.17. The van der Waals surface area contributed by atoms with Crippen molar-refractivity contribution in [2.75, 3.05) is 12.4 Å². The zero-order valence-electron chi connectivity index (χ0n) is 13.0. The van der Waals surface area contributed by atoms with Gasteiger partial charge in [0, 0.05) is 5.69 Å². The molecule has 122 valence electrons. The molecule has 0 aliphatic carbocycles. The number of hydrogen-bond acceptors (Lipinski definition) is 4. The Balaban J connectivity index is 1.91. The fourth-order valence-electron chi connectivity index (χ4n) is 2.37. The molecule has 1 heterocycles. The smallest absolute Gasteiger partial charge is 0.224 e. The summed E-state index contributed by atoms with van der Waals surface area (Å²) in [5.74, 6) is 0.372. The molecule has 2 aromatic carbocycles. The monoisotopic (exact) mass is 325 g/mol. The molecule has 0 saturated carbocycles. The lowest BCUT2D eigenvalue weighted by molar-refractivity contribution is 0.0942. The van der Waals surface area contributed by atoms with E-state index >= 15 is 0 Å². The van der Waals surface area contributed by atoms with Crippen molar-refractivity contribution in [2.45, 2.75) is 6.04 Å². The van der Waals surface area contributed by atoms with Crippen LogP contribution in [0.2, 0.25) is 0 Å². The first kappa shape index (κ1) is 15.8. The summed E-state index contributed by atoms with van der Waals surface area (Å²) in [6, 6.07) is 15.6. The molecule has 0 fully saturated rings. The van der Waals surface area contributed by atoms with Crippen LogP contribution in [0, 0.1) is 5.82 Å². The van der Waals surface area contributed by atoms with Gasteiger partial charge in [-0.2, -0.15) is 0 Å². The van der Waals surface area contributed by atoms with Crippen molar-refractivity contribution in [3.05, 3.63) is 84.1 Å². The number of nitrogens with one attached hydrogen (secondary N) is 1. The van der Waals surface area contributed by atoms with Gasteiger partial charge in [0.1, 0.15) is 17.6 Å². The van der Waals surface area contributed by atoms with Crippen molar-refractivity contribution in [1.82, 2.24) is 0 Å². The van der Waals surface area contributed by atoms with E-state index < -0.39 is 6.04 Å². The van der Waals surface area contributed by atoms with Gasteiger partial charge >= 0.3 is 0 Å². The Kier molecular flexibility index (Phi) is 4.61. The summed E-state index contributed by atoms with van der Waals surface area (Å²) in [6.07, 6.45) is 1.45. The van der Waals surface area contributed by atoms with Gasteiger partial charge in [0.15, 0.2) is 5.76 Å². The van der Waals surface area contributed by atoms with E-state index in [9.17, 15) is 9.18 Å². The van der Waals surface area contributed by atoms with Gasteiger partial charge < -0.3 is 14.5 Å². The third-order valence-corrected chi connectivity index (χ3v) is 3.63. The van der Waals surface area contributed by atoms with Crippen LogP contribution in [0.25, 0.3) is 0 Å². The first-order chi connectivity index (χ1) is 11.7. The van der Waals surface area contributed by atoms with Crippen molar-refractivity contribution in [3.63, 3.8) is 0 Å². The van der Waals surface area contributed by atoms with Gasteiger partial charge in [0.2, 0.25) is 5.78 Å². The largest absolute Gasteiger partial charge is 0.497 e. The molecular formula is C19H16FNO3. The number of ketones is 1. The Labute approximate surface area is 138 Å². The van der Waals surface area contributed by atoms with Gasteiger partial charge in [-0.05, 0) is 54.1 Å². The van der Waals surface area contributed by atoms with Crippen molar-refractivity contribution in [1.29, 1.82) is 0 Å². The fraction of sp³-hybridized carbons (Fsp3) is 0.105. The van der Waals surface area contributed by atoms with Crippen LogP contribution < -0.4 is 10.1 Å². The molecule has 1 aromatic heterocycles. The van der Waals surface area contributed by atoms with E-state index in [0.29, 0.717) is 5.56 Å². The van der Waals surface area contributed by atoms with Gasteiger partial charge in [-0.3, -0.25) is 4.79 Å². The topological polar surface area (TPSA) is 51.5 Å². The van der Waals surface area contributed by atoms with Crippen LogP contribution in [0.4, 0.5) is 10.1 Å². The SMILES string of the molecule is COc1ccc(N[C@H](C(=O)c2ccco2)c2ccc(F)cc2)cc1. The van der Waals surface area contributed by atoms with Crippen molar-refractivity contribution in [2.24, 2.45) is 0 Å². The number of methoxy groups -OCH3 is 1. The molecule has 1 atom stereocenters. The highest BCUT2D eigenvalue weighted by Crippen LogP contribution is 2.25. The predicted octanol–water partition coefficient (Wildman–Crippen LogP) is 4.46. The molecule has 1 N–H and O–H groups in total. The quantitative estimate of drug-likeness (QED) is 0.680. The second kappa shape index (κ2) is 7.00. The van der Waals surface area contributed by atoms with Crippen LogP contribution in [0.1, 0.15) is 22.2 Å². The molecule has 0 bridgehead atoms.